The molecule has 3 aromatic rings. The van der Waals surface area contributed by atoms with E-state index in [0.717, 1.165) is 11.3 Å². The number of carbonyl (C=O) groups excluding carboxylic acids is 1. The Morgan fingerprint density at radius 3 is 2.84 bits per heavy atom. The van der Waals surface area contributed by atoms with Gasteiger partial charge in [-0.25, -0.2) is 14.4 Å². The van der Waals surface area contributed by atoms with E-state index in [2.05, 4.69) is 30.8 Å². The highest BCUT2D eigenvalue weighted by atomic mass is 35.5. The Morgan fingerprint density at radius 1 is 1.28 bits per heavy atom. The standard InChI is InChI=1S/C16H12ClFN6O/c17-12-5-11(20-7-21-12)14-13-10(6-19-14)15(24-23-13)22-16(25)8-1-3-9(18)4-2-8/h1-5,7,14,19H,6H2,(H2,22,23,24,25)/t14-/m1/s1. The smallest absolute Gasteiger partial charge is 0.256 e. The highest BCUT2D eigenvalue weighted by molar-refractivity contribution is 6.29. The van der Waals surface area contributed by atoms with Gasteiger partial charge in [0.2, 0.25) is 0 Å². The largest absolute Gasteiger partial charge is 0.305 e. The molecule has 2 aromatic heterocycles. The van der Waals surface area contributed by atoms with Crippen molar-refractivity contribution in [3.63, 3.8) is 0 Å². The highest BCUT2D eigenvalue weighted by Gasteiger charge is 2.30. The number of amides is 1. The van der Waals surface area contributed by atoms with Crippen LogP contribution in [-0.4, -0.2) is 26.1 Å². The molecule has 9 heteroatoms. The number of benzene rings is 1. The highest BCUT2D eigenvalue weighted by Crippen LogP contribution is 2.32. The number of rotatable bonds is 3. The van der Waals surface area contributed by atoms with Crippen molar-refractivity contribution in [1.82, 2.24) is 25.5 Å². The van der Waals surface area contributed by atoms with Gasteiger partial charge in [0.1, 0.15) is 17.3 Å². The molecule has 1 aliphatic heterocycles. The van der Waals surface area contributed by atoms with Crippen molar-refractivity contribution in [2.45, 2.75) is 12.6 Å². The molecule has 4 rings (SSSR count). The molecule has 126 valence electrons. The van der Waals surface area contributed by atoms with Crippen LogP contribution in [0.3, 0.4) is 0 Å². The number of nitrogens with zero attached hydrogens (tertiary/aromatic N) is 3. The van der Waals surface area contributed by atoms with Gasteiger partial charge in [0.05, 0.1) is 17.4 Å². The van der Waals surface area contributed by atoms with E-state index in [-0.39, 0.29) is 11.9 Å². The molecular formula is C16H12ClFN6O. The van der Waals surface area contributed by atoms with E-state index in [0.29, 0.717) is 28.8 Å². The zero-order valence-electron chi connectivity index (χ0n) is 12.8. The van der Waals surface area contributed by atoms with Crippen molar-refractivity contribution in [3.8, 4) is 0 Å². The van der Waals surface area contributed by atoms with Gasteiger partial charge < -0.3 is 5.32 Å². The van der Waals surface area contributed by atoms with Gasteiger partial charge in [-0.15, -0.1) is 0 Å². The Kier molecular flexibility index (Phi) is 3.90. The van der Waals surface area contributed by atoms with E-state index in [1.807, 2.05) is 0 Å². The minimum atomic E-state index is -0.396. The Balaban J connectivity index is 1.57. The number of H-pyrrole nitrogens is 1. The summed E-state index contributed by atoms with van der Waals surface area (Å²) in [6.07, 6.45) is 1.39. The first-order valence-electron chi connectivity index (χ1n) is 7.46. The molecule has 0 bridgehead atoms. The SMILES string of the molecule is O=C(Nc1n[nH]c2c1CN[C@@H]2c1cc(Cl)ncn1)c1ccc(F)cc1. The van der Waals surface area contributed by atoms with Crippen LogP contribution in [0.25, 0.3) is 0 Å². The molecule has 3 heterocycles. The lowest BCUT2D eigenvalue weighted by atomic mass is 10.1. The lowest BCUT2D eigenvalue weighted by Gasteiger charge is -2.09. The fourth-order valence-electron chi connectivity index (χ4n) is 2.74. The lowest BCUT2D eigenvalue weighted by molar-refractivity contribution is 0.102. The molecule has 7 nitrogen and oxygen atoms in total. The Bertz CT molecular complexity index is 942. The number of anilines is 1. The second kappa shape index (κ2) is 6.23. The summed E-state index contributed by atoms with van der Waals surface area (Å²) in [7, 11) is 0. The first kappa shape index (κ1) is 15.7. The molecule has 1 amide bonds. The average molecular weight is 359 g/mol. The first-order valence-corrected chi connectivity index (χ1v) is 7.84. The van der Waals surface area contributed by atoms with Gasteiger partial charge in [-0.2, -0.15) is 5.10 Å². The van der Waals surface area contributed by atoms with E-state index in [4.69, 9.17) is 11.6 Å². The number of aromatic amines is 1. The molecule has 0 aliphatic carbocycles. The number of hydrogen-bond donors (Lipinski definition) is 3. The zero-order valence-corrected chi connectivity index (χ0v) is 13.5. The summed E-state index contributed by atoms with van der Waals surface area (Å²) in [4.78, 5) is 20.4. The predicted octanol–water partition coefficient (Wildman–Crippen LogP) is 2.44. The average Bonchev–Trinajstić information content (AvgIpc) is 3.18. The molecular weight excluding hydrogens is 347 g/mol. The molecule has 0 saturated carbocycles. The van der Waals surface area contributed by atoms with Crippen molar-refractivity contribution < 1.29 is 9.18 Å². The number of hydrogen-bond acceptors (Lipinski definition) is 5. The molecule has 3 N–H and O–H groups in total. The molecule has 1 aliphatic rings. The van der Waals surface area contributed by atoms with Gasteiger partial charge in [-0.3, -0.25) is 15.2 Å². The topological polar surface area (TPSA) is 95.6 Å². The number of nitrogens with one attached hydrogen (secondary N) is 3. The van der Waals surface area contributed by atoms with Crippen LogP contribution in [0.5, 0.6) is 0 Å². The van der Waals surface area contributed by atoms with Gasteiger partial charge in [0.15, 0.2) is 5.82 Å². The molecule has 0 radical (unpaired) electrons. The van der Waals surface area contributed by atoms with Gasteiger partial charge in [0, 0.05) is 17.7 Å². The number of aromatic nitrogens is 4. The minimum absolute atomic E-state index is 0.209. The fraction of sp³-hybridized carbons (Fsp3) is 0.125. The summed E-state index contributed by atoms with van der Waals surface area (Å²) in [5, 5.41) is 13.5. The quantitative estimate of drug-likeness (QED) is 0.625. The Morgan fingerprint density at radius 2 is 2.08 bits per heavy atom. The van der Waals surface area contributed by atoms with Gasteiger partial charge in [-0.05, 0) is 30.3 Å². The molecule has 0 spiro atoms. The van der Waals surface area contributed by atoms with Crippen LogP contribution in [0.15, 0.2) is 36.7 Å². The third kappa shape index (κ3) is 2.97. The van der Waals surface area contributed by atoms with E-state index >= 15 is 0 Å². The van der Waals surface area contributed by atoms with Crippen molar-refractivity contribution in [1.29, 1.82) is 0 Å². The maximum Gasteiger partial charge on any atom is 0.256 e. The van der Waals surface area contributed by atoms with Crippen molar-refractivity contribution >= 4 is 23.3 Å². The number of carbonyl (C=O) groups is 1. The van der Waals surface area contributed by atoms with Crippen LogP contribution in [0.2, 0.25) is 5.15 Å². The van der Waals surface area contributed by atoms with E-state index in [9.17, 15) is 9.18 Å². The minimum Gasteiger partial charge on any atom is -0.305 e. The monoisotopic (exact) mass is 358 g/mol. The Labute approximate surface area is 146 Å². The maximum absolute atomic E-state index is 13.0. The normalized spacial score (nSPS) is 15.8. The summed E-state index contributed by atoms with van der Waals surface area (Å²) in [5.41, 5.74) is 2.71. The van der Waals surface area contributed by atoms with Crippen LogP contribution in [0, 0.1) is 5.82 Å². The molecule has 0 saturated heterocycles. The molecule has 0 unspecified atom stereocenters. The summed E-state index contributed by atoms with van der Waals surface area (Å²) >= 11 is 5.91. The first-order chi connectivity index (χ1) is 12.1. The van der Waals surface area contributed by atoms with Crippen LogP contribution in [0.4, 0.5) is 10.2 Å². The lowest BCUT2D eigenvalue weighted by Crippen LogP contribution is -2.17. The van der Waals surface area contributed by atoms with E-state index < -0.39 is 5.82 Å². The van der Waals surface area contributed by atoms with Crippen molar-refractivity contribution in [2.75, 3.05) is 5.32 Å². The summed E-state index contributed by atoms with van der Waals surface area (Å²) in [6, 6.07) is 6.77. The third-order valence-electron chi connectivity index (χ3n) is 3.96. The maximum atomic E-state index is 13.0. The summed E-state index contributed by atoms with van der Waals surface area (Å²) < 4.78 is 13.0. The molecule has 25 heavy (non-hydrogen) atoms. The Hall–Kier alpha value is -2.84. The van der Waals surface area contributed by atoms with Gasteiger partial charge >= 0.3 is 0 Å². The molecule has 1 atom stereocenters. The molecule has 0 fully saturated rings. The van der Waals surface area contributed by atoms with Crippen molar-refractivity contribution in [3.05, 3.63) is 70.1 Å². The van der Waals surface area contributed by atoms with Crippen LogP contribution < -0.4 is 10.6 Å². The summed E-state index contributed by atoms with van der Waals surface area (Å²) in [5.74, 6) is -0.324. The summed E-state index contributed by atoms with van der Waals surface area (Å²) in [6.45, 7) is 0.511. The van der Waals surface area contributed by atoms with E-state index in [1.54, 1.807) is 6.07 Å². The van der Waals surface area contributed by atoms with Gasteiger partial charge in [0.25, 0.3) is 5.91 Å². The zero-order chi connectivity index (χ0) is 17.4. The third-order valence-corrected chi connectivity index (χ3v) is 4.17. The van der Waals surface area contributed by atoms with Crippen LogP contribution >= 0.6 is 11.6 Å². The number of halogens is 2. The van der Waals surface area contributed by atoms with Crippen molar-refractivity contribution in [2.24, 2.45) is 0 Å². The fourth-order valence-corrected chi connectivity index (χ4v) is 2.90. The predicted molar refractivity (Wildman–Crippen MR) is 88.7 cm³/mol. The van der Waals surface area contributed by atoms with E-state index in [1.165, 1.54) is 30.6 Å². The van der Waals surface area contributed by atoms with Crippen LogP contribution in [0.1, 0.15) is 33.4 Å². The number of fused-ring (bicyclic) bond motifs is 1. The molecule has 1 aromatic carbocycles. The van der Waals surface area contributed by atoms with Crippen LogP contribution in [-0.2, 0) is 6.54 Å². The second-order valence-electron chi connectivity index (χ2n) is 5.50. The van der Waals surface area contributed by atoms with Gasteiger partial charge in [-0.1, -0.05) is 11.6 Å². The second-order valence-corrected chi connectivity index (χ2v) is 5.89.